The van der Waals surface area contributed by atoms with Gasteiger partial charge in [-0.2, -0.15) is 18.2 Å². The van der Waals surface area contributed by atoms with Crippen LogP contribution < -0.4 is 0 Å². The molecule has 0 saturated carbocycles. The van der Waals surface area contributed by atoms with E-state index in [9.17, 15) is 18.0 Å². The van der Waals surface area contributed by atoms with Gasteiger partial charge in [-0.15, -0.1) is 0 Å². The quantitative estimate of drug-likeness (QED) is 0.632. The van der Waals surface area contributed by atoms with Crippen molar-refractivity contribution in [3.8, 4) is 11.4 Å². The number of nitrogens with zero attached hydrogens (tertiary/aromatic N) is 3. The summed E-state index contributed by atoms with van der Waals surface area (Å²) in [6.45, 7) is 0. The maximum Gasteiger partial charge on any atom is 0.471 e. The van der Waals surface area contributed by atoms with Crippen LogP contribution in [-0.4, -0.2) is 20.9 Å². The number of rotatable bonds is 7. The number of carbonyl (C=O) groups is 1. The molecule has 3 heterocycles. The third-order valence-corrected chi connectivity index (χ3v) is 3.64. The molecule has 3 aromatic heterocycles. The predicted octanol–water partition coefficient (Wildman–Crippen LogP) is 3.88. The Morgan fingerprint density at radius 2 is 1.92 bits per heavy atom. The van der Waals surface area contributed by atoms with E-state index in [4.69, 9.17) is 4.42 Å². The van der Waals surface area contributed by atoms with Gasteiger partial charge in [-0.1, -0.05) is 5.16 Å². The Labute approximate surface area is 146 Å². The van der Waals surface area contributed by atoms with Gasteiger partial charge in [0.15, 0.2) is 0 Å². The summed E-state index contributed by atoms with van der Waals surface area (Å²) >= 11 is 0. The van der Waals surface area contributed by atoms with Gasteiger partial charge in [0.2, 0.25) is 5.82 Å². The molecule has 0 amide bonds. The highest BCUT2D eigenvalue weighted by atomic mass is 19.4. The van der Waals surface area contributed by atoms with Crippen molar-refractivity contribution in [1.29, 1.82) is 0 Å². The summed E-state index contributed by atoms with van der Waals surface area (Å²) in [5, 5.41) is 3.30. The molecular formula is C17H14F3N3O3. The molecule has 0 aliphatic carbocycles. The van der Waals surface area contributed by atoms with Crippen LogP contribution in [0.1, 0.15) is 30.2 Å². The first kappa shape index (κ1) is 17.8. The Balaban J connectivity index is 1.53. The smallest absolute Gasteiger partial charge is 0.469 e. The van der Waals surface area contributed by atoms with E-state index in [1.54, 1.807) is 24.5 Å². The van der Waals surface area contributed by atoms with Gasteiger partial charge in [-0.25, -0.2) is 0 Å². The molecule has 0 saturated heterocycles. The lowest BCUT2D eigenvalue weighted by Crippen LogP contribution is -2.05. The fraction of sp³-hybridized carbons (Fsp3) is 0.294. The van der Waals surface area contributed by atoms with Gasteiger partial charge in [0.25, 0.3) is 0 Å². The molecule has 3 rings (SSSR count). The number of alkyl halides is 3. The summed E-state index contributed by atoms with van der Waals surface area (Å²) in [5.74, 6) is -0.746. The van der Waals surface area contributed by atoms with Gasteiger partial charge in [-0.05, 0) is 30.7 Å². The van der Waals surface area contributed by atoms with Crippen molar-refractivity contribution in [3.05, 3.63) is 54.1 Å². The standard InChI is InChI=1S/C17H14F3N3O3/c18-17(19,20)16-22-15(23-26-16)11-3-4-12(21-10-11)5-6-13(24)7-8-14-2-1-9-25-14/h1-4,9-10H,5-8H2. The summed E-state index contributed by atoms with van der Waals surface area (Å²) in [6.07, 6.45) is -0.0635. The second kappa shape index (κ2) is 7.51. The summed E-state index contributed by atoms with van der Waals surface area (Å²) in [4.78, 5) is 19.3. The average molecular weight is 365 g/mol. The highest BCUT2D eigenvalue weighted by molar-refractivity contribution is 5.78. The third kappa shape index (κ3) is 4.56. The molecule has 26 heavy (non-hydrogen) atoms. The first-order valence-electron chi connectivity index (χ1n) is 7.82. The molecule has 0 aliphatic heterocycles. The van der Waals surface area contributed by atoms with Crippen molar-refractivity contribution in [2.24, 2.45) is 0 Å². The second-order valence-corrected chi connectivity index (χ2v) is 5.58. The number of hydrogen-bond acceptors (Lipinski definition) is 6. The second-order valence-electron chi connectivity index (χ2n) is 5.58. The Kier molecular flexibility index (Phi) is 5.15. The number of pyridine rings is 1. The van der Waals surface area contributed by atoms with Crippen molar-refractivity contribution in [2.75, 3.05) is 0 Å². The maximum absolute atomic E-state index is 12.5. The Hall–Kier alpha value is -2.97. The number of halogens is 3. The summed E-state index contributed by atoms with van der Waals surface area (Å²) in [5.41, 5.74) is 0.955. The van der Waals surface area contributed by atoms with Gasteiger partial charge < -0.3 is 8.94 Å². The molecule has 0 unspecified atom stereocenters. The average Bonchev–Trinajstić information content (AvgIpc) is 3.29. The van der Waals surface area contributed by atoms with Crippen LogP contribution in [0.2, 0.25) is 0 Å². The van der Waals surface area contributed by atoms with Crippen LogP contribution in [0.4, 0.5) is 13.2 Å². The molecule has 3 aromatic rings. The Morgan fingerprint density at radius 3 is 2.54 bits per heavy atom. The molecular weight excluding hydrogens is 351 g/mol. The Bertz CT molecular complexity index is 856. The van der Waals surface area contributed by atoms with Gasteiger partial charge >= 0.3 is 12.1 Å². The maximum atomic E-state index is 12.5. The molecule has 0 atom stereocenters. The summed E-state index contributed by atoms with van der Waals surface area (Å²) in [6, 6.07) is 6.75. The number of Topliss-reactive ketones (excluding diaryl/α,β-unsaturated/α-hetero) is 1. The van der Waals surface area contributed by atoms with Crippen molar-refractivity contribution < 1.29 is 26.9 Å². The Morgan fingerprint density at radius 1 is 1.12 bits per heavy atom. The number of furan rings is 1. The van der Waals surface area contributed by atoms with E-state index in [1.165, 1.54) is 6.20 Å². The van der Waals surface area contributed by atoms with Gasteiger partial charge in [0.05, 0.1) is 6.26 Å². The molecule has 0 radical (unpaired) electrons. The zero-order chi connectivity index (χ0) is 18.6. The topological polar surface area (TPSA) is 82.0 Å². The minimum atomic E-state index is -4.69. The van der Waals surface area contributed by atoms with Crippen molar-refractivity contribution in [3.63, 3.8) is 0 Å². The zero-order valence-electron chi connectivity index (χ0n) is 13.5. The van der Waals surface area contributed by atoms with Gasteiger partial charge in [0.1, 0.15) is 11.5 Å². The molecule has 0 N–H and O–H groups in total. The van der Waals surface area contributed by atoms with Crippen LogP contribution in [0, 0.1) is 0 Å². The van der Waals surface area contributed by atoms with Crippen molar-refractivity contribution >= 4 is 5.78 Å². The van der Waals surface area contributed by atoms with E-state index in [2.05, 4.69) is 19.6 Å². The van der Waals surface area contributed by atoms with Crippen LogP contribution in [0.5, 0.6) is 0 Å². The molecule has 0 fully saturated rings. The lowest BCUT2D eigenvalue weighted by Gasteiger charge is -2.01. The fourth-order valence-electron chi connectivity index (χ4n) is 2.27. The lowest BCUT2D eigenvalue weighted by atomic mass is 10.1. The molecule has 0 aliphatic rings. The van der Waals surface area contributed by atoms with E-state index < -0.39 is 12.1 Å². The monoisotopic (exact) mass is 365 g/mol. The first-order chi connectivity index (χ1) is 12.4. The normalized spacial score (nSPS) is 11.7. The van der Waals surface area contributed by atoms with Gasteiger partial charge in [-0.3, -0.25) is 9.78 Å². The van der Waals surface area contributed by atoms with Gasteiger partial charge in [0, 0.05) is 36.7 Å². The van der Waals surface area contributed by atoms with Crippen LogP contribution in [0.25, 0.3) is 11.4 Å². The van der Waals surface area contributed by atoms with Crippen LogP contribution in [0.3, 0.4) is 0 Å². The van der Waals surface area contributed by atoms with E-state index in [1.807, 2.05) is 6.07 Å². The molecule has 0 bridgehead atoms. The van der Waals surface area contributed by atoms with Crippen LogP contribution in [-0.2, 0) is 23.8 Å². The van der Waals surface area contributed by atoms with Crippen molar-refractivity contribution in [2.45, 2.75) is 31.9 Å². The lowest BCUT2D eigenvalue weighted by molar-refractivity contribution is -0.159. The number of aromatic nitrogens is 3. The van der Waals surface area contributed by atoms with Crippen molar-refractivity contribution in [1.82, 2.24) is 15.1 Å². The molecule has 0 spiro atoms. The number of ketones is 1. The van der Waals surface area contributed by atoms with Crippen LogP contribution in [0.15, 0.2) is 45.7 Å². The summed E-state index contributed by atoms with van der Waals surface area (Å²) < 4.78 is 46.7. The van der Waals surface area contributed by atoms with E-state index in [0.29, 0.717) is 36.9 Å². The largest absolute Gasteiger partial charge is 0.471 e. The SMILES string of the molecule is O=C(CCc1ccc(-c2noc(C(F)(F)F)n2)cn1)CCc1ccco1. The van der Waals surface area contributed by atoms with E-state index in [0.717, 1.165) is 5.76 Å². The van der Waals surface area contributed by atoms with E-state index >= 15 is 0 Å². The predicted molar refractivity (Wildman–Crippen MR) is 82.9 cm³/mol. The highest BCUT2D eigenvalue weighted by Crippen LogP contribution is 2.29. The first-order valence-corrected chi connectivity index (χ1v) is 7.82. The molecule has 9 heteroatoms. The molecule has 136 valence electrons. The minimum absolute atomic E-state index is 0.0836. The number of aryl methyl sites for hydroxylation is 2. The highest BCUT2D eigenvalue weighted by Gasteiger charge is 2.38. The minimum Gasteiger partial charge on any atom is -0.469 e. The van der Waals surface area contributed by atoms with E-state index in [-0.39, 0.29) is 11.6 Å². The number of carbonyl (C=O) groups excluding carboxylic acids is 1. The fourth-order valence-corrected chi connectivity index (χ4v) is 2.27. The zero-order valence-corrected chi connectivity index (χ0v) is 13.5. The third-order valence-electron chi connectivity index (χ3n) is 3.64. The molecule has 6 nitrogen and oxygen atoms in total. The molecule has 0 aromatic carbocycles. The van der Waals surface area contributed by atoms with Crippen LogP contribution >= 0.6 is 0 Å². The summed E-state index contributed by atoms with van der Waals surface area (Å²) in [7, 11) is 0. The number of hydrogen-bond donors (Lipinski definition) is 0.